The first-order valence-electron chi connectivity index (χ1n) is 8.27. The average molecular weight is 384 g/mol. The van der Waals surface area contributed by atoms with Gasteiger partial charge in [-0.3, -0.25) is 24.6 Å². The first-order chi connectivity index (χ1) is 13.5. The van der Waals surface area contributed by atoms with E-state index >= 15 is 0 Å². The Morgan fingerprint density at radius 1 is 0.929 bits per heavy atom. The van der Waals surface area contributed by atoms with Gasteiger partial charge in [-0.15, -0.1) is 0 Å². The predicted molar refractivity (Wildman–Crippen MR) is 93.2 cm³/mol. The van der Waals surface area contributed by atoms with Gasteiger partial charge in [0.1, 0.15) is 12.3 Å². The Balaban J connectivity index is 1.54. The van der Waals surface area contributed by atoms with Crippen LogP contribution in [0.15, 0.2) is 53.1 Å². The number of nitrogens with zero attached hydrogens (tertiary/aromatic N) is 2. The molecule has 10 nitrogen and oxygen atoms in total. The molecule has 2 heterocycles. The summed E-state index contributed by atoms with van der Waals surface area (Å²) in [6.07, 6.45) is 1.43. The van der Waals surface area contributed by atoms with Gasteiger partial charge in [0.25, 0.3) is 0 Å². The van der Waals surface area contributed by atoms with Crippen molar-refractivity contribution in [3.05, 3.63) is 60.1 Å². The fraction of sp³-hybridized carbons (Fsp3) is 0.167. The Hall–Kier alpha value is -3.95. The van der Waals surface area contributed by atoms with Crippen LogP contribution in [0.2, 0.25) is 0 Å². The number of urea groups is 2. The van der Waals surface area contributed by atoms with E-state index in [-0.39, 0.29) is 13.1 Å². The van der Waals surface area contributed by atoms with E-state index in [4.69, 9.17) is 4.42 Å². The van der Waals surface area contributed by atoms with Gasteiger partial charge in [-0.05, 0) is 17.7 Å². The van der Waals surface area contributed by atoms with Crippen LogP contribution in [0.4, 0.5) is 9.59 Å². The van der Waals surface area contributed by atoms with Crippen LogP contribution in [-0.2, 0) is 27.5 Å². The first kappa shape index (κ1) is 18.8. The molecule has 0 spiro atoms. The van der Waals surface area contributed by atoms with Gasteiger partial charge in [0, 0.05) is 0 Å². The number of furan rings is 1. The third-order valence-corrected chi connectivity index (χ3v) is 3.88. The van der Waals surface area contributed by atoms with Crippen molar-refractivity contribution in [2.45, 2.75) is 13.1 Å². The van der Waals surface area contributed by atoms with Crippen molar-refractivity contribution in [3.8, 4) is 0 Å². The smallest absolute Gasteiger partial charge is 0.335 e. The number of hydrogen-bond acceptors (Lipinski definition) is 6. The van der Waals surface area contributed by atoms with Gasteiger partial charge >= 0.3 is 23.9 Å². The molecule has 7 amide bonds. The van der Waals surface area contributed by atoms with E-state index < -0.39 is 36.3 Å². The molecule has 1 saturated heterocycles. The zero-order valence-corrected chi connectivity index (χ0v) is 14.6. The summed E-state index contributed by atoms with van der Waals surface area (Å²) in [5.74, 6) is -2.57. The van der Waals surface area contributed by atoms with E-state index in [0.717, 1.165) is 4.90 Å². The molecule has 144 valence electrons. The van der Waals surface area contributed by atoms with Gasteiger partial charge in [-0.2, -0.15) is 0 Å². The summed E-state index contributed by atoms with van der Waals surface area (Å²) >= 11 is 0. The molecule has 3 rings (SSSR count). The molecular formula is C18H16N4O6. The molecule has 10 heteroatoms. The van der Waals surface area contributed by atoms with E-state index in [9.17, 15) is 24.0 Å². The highest BCUT2D eigenvalue weighted by Gasteiger charge is 2.45. The lowest BCUT2D eigenvalue weighted by atomic mass is 10.2. The Labute approximate surface area is 159 Å². The summed E-state index contributed by atoms with van der Waals surface area (Å²) in [6, 6.07) is 10.2. The third-order valence-electron chi connectivity index (χ3n) is 3.88. The van der Waals surface area contributed by atoms with Crippen molar-refractivity contribution in [2.24, 2.45) is 0 Å². The minimum atomic E-state index is -1.12. The fourth-order valence-electron chi connectivity index (χ4n) is 2.53. The molecule has 0 bridgehead atoms. The minimum absolute atomic E-state index is 0.0526. The lowest BCUT2D eigenvalue weighted by Crippen LogP contribution is -2.46. The van der Waals surface area contributed by atoms with E-state index in [1.165, 1.54) is 6.26 Å². The molecule has 1 aromatic carbocycles. The van der Waals surface area contributed by atoms with E-state index in [2.05, 4.69) is 5.32 Å². The molecule has 1 aliphatic heterocycles. The number of carbonyl (C=O) groups excluding carboxylic acids is 5. The van der Waals surface area contributed by atoms with Gasteiger partial charge in [-0.1, -0.05) is 30.3 Å². The normalized spacial score (nSPS) is 13.8. The first-order valence-corrected chi connectivity index (χ1v) is 8.27. The molecule has 0 unspecified atom stereocenters. The number of amides is 7. The molecule has 28 heavy (non-hydrogen) atoms. The van der Waals surface area contributed by atoms with Crippen molar-refractivity contribution in [3.63, 3.8) is 0 Å². The topological polar surface area (TPSA) is 129 Å². The summed E-state index contributed by atoms with van der Waals surface area (Å²) in [4.78, 5) is 61.4. The molecule has 0 saturated carbocycles. The van der Waals surface area contributed by atoms with Crippen LogP contribution in [0.3, 0.4) is 0 Å². The van der Waals surface area contributed by atoms with Gasteiger partial charge < -0.3 is 9.73 Å². The summed E-state index contributed by atoms with van der Waals surface area (Å²) < 4.78 is 5.03. The predicted octanol–water partition coefficient (Wildman–Crippen LogP) is 0.596. The molecule has 2 N–H and O–H groups in total. The standard InChI is InChI=1S/C18H16N4O6/c23-14(20-17(26)19-9-13-7-4-8-28-13)11-22-16(25)15(24)21(18(22)27)10-12-5-2-1-3-6-12/h1-8H,9-11H2,(H2,19,20,23,26). The monoisotopic (exact) mass is 384 g/mol. The second-order valence-electron chi connectivity index (χ2n) is 5.86. The van der Waals surface area contributed by atoms with Crippen LogP contribution < -0.4 is 10.6 Å². The fourth-order valence-corrected chi connectivity index (χ4v) is 2.53. The van der Waals surface area contributed by atoms with E-state index in [1.54, 1.807) is 42.5 Å². The largest absolute Gasteiger partial charge is 0.467 e. The minimum Gasteiger partial charge on any atom is -0.467 e. The summed E-state index contributed by atoms with van der Waals surface area (Å²) in [5, 5.41) is 4.37. The number of carbonyl (C=O) groups is 5. The van der Waals surface area contributed by atoms with Crippen LogP contribution in [0.5, 0.6) is 0 Å². The van der Waals surface area contributed by atoms with Crippen molar-refractivity contribution in [1.82, 2.24) is 20.4 Å². The van der Waals surface area contributed by atoms with Crippen molar-refractivity contribution in [1.29, 1.82) is 0 Å². The van der Waals surface area contributed by atoms with Crippen molar-refractivity contribution < 1.29 is 28.4 Å². The van der Waals surface area contributed by atoms with Gasteiger partial charge in [-0.25, -0.2) is 14.5 Å². The maximum absolute atomic E-state index is 12.4. The van der Waals surface area contributed by atoms with E-state index in [1.807, 2.05) is 5.32 Å². The zero-order valence-electron chi connectivity index (χ0n) is 14.6. The molecule has 0 aliphatic carbocycles. The van der Waals surface area contributed by atoms with Crippen LogP contribution >= 0.6 is 0 Å². The Bertz CT molecular complexity index is 909. The molecule has 0 atom stereocenters. The molecule has 1 aromatic heterocycles. The molecule has 1 fully saturated rings. The van der Waals surface area contributed by atoms with Gasteiger partial charge in [0.2, 0.25) is 5.91 Å². The lowest BCUT2D eigenvalue weighted by Gasteiger charge is -2.15. The van der Waals surface area contributed by atoms with E-state index in [0.29, 0.717) is 16.2 Å². The van der Waals surface area contributed by atoms with Crippen LogP contribution in [0.1, 0.15) is 11.3 Å². The molecule has 0 radical (unpaired) electrons. The lowest BCUT2D eigenvalue weighted by molar-refractivity contribution is -0.144. The highest BCUT2D eigenvalue weighted by atomic mass is 16.3. The van der Waals surface area contributed by atoms with Crippen LogP contribution in [0, 0.1) is 0 Å². The number of hydrogen-bond donors (Lipinski definition) is 2. The Morgan fingerprint density at radius 2 is 1.64 bits per heavy atom. The molecule has 2 aromatic rings. The van der Waals surface area contributed by atoms with Crippen LogP contribution in [0.25, 0.3) is 0 Å². The zero-order chi connectivity index (χ0) is 20.1. The average Bonchev–Trinajstić information content (AvgIpc) is 3.27. The maximum atomic E-state index is 12.4. The van der Waals surface area contributed by atoms with Crippen LogP contribution in [-0.4, -0.2) is 46.1 Å². The number of nitrogens with one attached hydrogen (secondary N) is 2. The second-order valence-corrected chi connectivity index (χ2v) is 5.86. The molecule has 1 aliphatic rings. The Morgan fingerprint density at radius 3 is 2.32 bits per heavy atom. The summed E-state index contributed by atoms with van der Waals surface area (Å²) in [7, 11) is 0. The SMILES string of the molecule is O=C(CN1C(=O)C(=O)N(Cc2ccccc2)C1=O)NC(=O)NCc1ccco1. The summed E-state index contributed by atoms with van der Waals surface area (Å²) in [6.45, 7) is -0.786. The van der Waals surface area contributed by atoms with Crippen molar-refractivity contribution in [2.75, 3.05) is 6.54 Å². The number of imide groups is 3. The summed E-state index contributed by atoms with van der Waals surface area (Å²) in [5.41, 5.74) is 0.653. The molecular weight excluding hydrogens is 368 g/mol. The number of benzene rings is 1. The number of rotatable bonds is 6. The third kappa shape index (κ3) is 4.23. The van der Waals surface area contributed by atoms with Gasteiger partial charge in [0.05, 0.1) is 19.4 Å². The highest BCUT2D eigenvalue weighted by molar-refractivity contribution is 6.45. The Kier molecular flexibility index (Phi) is 5.49. The maximum Gasteiger partial charge on any atom is 0.335 e. The second kappa shape index (κ2) is 8.16. The highest BCUT2D eigenvalue weighted by Crippen LogP contribution is 2.15. The quantitative estimate of drug-likeness (QED) is 0.554. The van der Waals surface area contributed by atoms with Crippen molar-refractivity contribution >= 4 is 29.8 Å². The van der Waals surface area contributed by atoms with Gasteiger partial charge in [0.15, 0.2) is 0 Å².